The van der Waals surface area contributed by atoms with E-state index in [2.05, 4.69) is 10.4 Å². The summed E-state index contributed by atoms with van der Waals surface area (Å²) in [7, 11) is 1.73. The van der Waals surface area contributed by atoms with Gasteiger partial charge in [0, 0.05) is 13.7 Å². The summed E-state index contributed by atoms with van der Waals surface area (Å²) in [6.07, 6.45) is 2.27. The van der Waals surface area contributed by atoms with Gasteiger partial charge < -0.3 is 10.1 Å². The molecule has 1 fully saturated rings. The molecule has 1 aliphatic rings. The van der Waals surface area contributed by atoms with Crippen molar-refractivity contribution >= 4 is 11.5 Å². The summed E-state index contributed by atoms with van der Waals surface area (Å²) in [5, 5.41) is 18.8. The van der Waals surface area contributed by atoms with Gasteiger partial charge in [-0.2, -0.15) is 5.10 Å². The summed E-state index contributed by atoms with van der Waals surface area (Å²) in [6, 6.07) is 0. The average Bonchev–Trinajstić information content (AvgIpc) is 2.86. The molecular formula is C12H20N4O3. The summed E-state index contributed by atoms with van der Waals surface area (Å²) < 4.78 is 6.93. The topological polar surface area (TPSA) is 82.2 Å². The molecule has 0 saturated carbocycles. The van der Waals surface area contributed by atoms with Gasteiger partial charge in [-0.3, -0.25) is 10.1 Å². The van der Waals surface area contributed by atoms with E-state index in [9.17, 15) is 10.1 Å². The molecule has 1 aromatic heterocycles. The fourth-order valence-corrected chi connectivity index (χ4v) is 2.36. The van der Waals surface area contributed by atoms with Gasteiger partial charge in [0.05, 0.1) is 17.1 Å². The van der Waals surface area contributed by atoms with Crippen LogP contribution in [-0.2, 0) is 18.2 Å². The number of nitrogens with zero attached hydrogens (tertiary/aromatic N) is 3. The van der Waals surface area contributed by atoms with Crippen molar-refractivity contribution in [2.45, 2.75) is 38.6 Å². The molecule has 106 valence electrons. The maximum atomic E-state index is 11.3. The molecule has 7 heteroatoms. The molecule has 1 saturated heterocycles. The fourth-order valence-electron chi connectivity index (χ4n) is 2.36. The van der Waals surface area contributed by atoms with E-state index >= 15 is 0 Å². The summed E-state index contributed by atoms with van der Waals surface area (Å²) in [6.45, 7) is 5.23. The van der Waals surface area contributed by atoms with Gasteiger partial charge >= 0.3 is 5.69 Å². The van der Waals surface area contributed by atoms with E-state index < -0.39 is 0 Å². The minimum atomic E-state index is -0.348. The smallest absolute Gasteiger partial charge is 0.334 e. The molecule has 7 nitrogen and oxygen atoms in total. The Balaban J connectivity index is 2.35. The SMILES string of the molecule is CCCc1nn(C)c(NC2(C)CCOC2)c1[N+](=O)[O-]. The van der Waals surface area contributed by atoms with E-state index in [1.165, 1.54) is 0 Å². The first-order valence-electron chi connectivity index (χ1n) is 6.53. The highest BCUT2D eigenvalue weighted by atomic mass is 16.6. The zero-order valence-electron chi connectivity index (χ0n) is 11.6. The normalized spacial score (nSPS) is 22.7. The quantitative estimate of drug-likeness (QED) is 0.651. The molecule has 1 N–H and O–H groups in total. The monoisotopic (exact) mass is 268 g/mol. The number of nitrogens with one attached hydrogen (secondary N) is 1. The minimum absolute atomic E-state index is 0.0949. The van der Waals surface area contributed by atoms with Crippen LogP contribution in [0.25, 0.3) is 0 Å². The molecule has 0 bridgehead atoms. The first kappa shape index (κ1) is 13.8. The van der Waals surface area contributed by atoms with E-state index in [1.807, 2.05) is 13.8 Å². The second kappa shape index (κ2) is 5.16. The van der Waals surface area contributed by atoms with E-state index in [0.29, 0.717) is 31.1 Å². The lowest BCUT2D eigenvalue weighted by Gasteiger charge is -2.24. The lowest BCUT2D eigenvalue weighted by atomic mass is 10.0. The van der Waals surface area contributed by atoms with Crippen LogP contribution in [0, 0.1) is 10.1 Å². The lowest BCUT2D eigenvalue weighted by molar-refractivity contribution is -0.384. The highest BCUT2D eigenvalue weighted by Gasteiger charge is 2.35. The Labute approximate surface area is 112 Å². The standard InChI is InChI=1S/C12H20N4O3/c1-4-5-9-10(16(17)18)11(15(3)14-9)13-12(2)6-7-19-8-12/h13H,4-8H2,1-3H3. The third kappa shape index (κ3) is 2.70. The molecule has 0 aromatic carbocycles. The first-order valence-corrected chi connectivity index (χ1v) is 6.53. The zero-order valence-corrected chi connectivity index (χ0v) is 11.6. The number of rotatable bonds is 5. The van der Waals surface area contributed by atoms with Crippen LogP contribution in [0.3, 0.4) is 0 Å². The second-order valence-electron chi connectivity index (χ2n) is 5.26. The van der Waals surface area contributed by atoms with E-state index in [1.54, 1.807) is 11.7 Å². The van der Waals surface area contributed by atoms with Crippen molar-refractivity contribution in [2.75, 3.05) is 18.5 Å². The number of anilines is 1. The highest BCUT2D eigenvalue weighted by molar-refractivity contribution is 5.61. The van der Waals surface area contributed by atoms with Crippen molar-refractivity contribution in [3.63, 3.8) is 0 Å². The Morgan fingerprint density at radius 1 is 1.63 bits per heavy atom. The fraction of sp³-hybridized carbons (Fsp3) is 0.750. The van der Waals surface area contributed by atoms with Crippen LogP contribution in [0.2, 0.25) is 0 Å². The van der Waals surface area contributed by atoms with Crippen LogP contribution in [0.4, 0.5) is 11.5 Å². The third-order valence-corrected chi connectivity index (χ3v) is 3.40. The van der Waals surface area contributed by atoms with Gasteiger partial charge in [-0.25, -0.2) is 4.68 Å². The lowest BCUT2D eigenvalue weighted by Crippen LogP contribution is -2.36. The number of aryl methyl sites for hydroxylation is 2. The summed E-state index contributed by atoms with van der Waals surface area (Å²) in [4.78, 5) is 10.9. The van der Waals surface area contributed by atoms with Gasteiger partial charge in [-0.1, -0.05) is 13.3 Å². The van der Waals surface area contributed by atoms with E-state index in [4.69, 9.17) is 4.74 Å². The molecule has 1 aliphatic heterocycles. The molecule has 2 heterocycles. The Morgan fingerprint density at radius 2 is 2.37 bits per heavy atom. The maximum absolute atomic E-state index is 11.3. The van der Waals surface area contributed by atoms with E-state index in [0.717, 1.165) is 12.8 Å². The van der Waals surface area contributed by atoms with Gasteiger partial charge in [0.15, 0.2) is 0 Å². The largest absolute Gasteiger partial charge is 0.379 e. The Bertz CT molecular complexity index is 478. The zero-order chi connectivity index (χ0) is 14.0. The highest BCUT2D eigenvalue weighted by Crippen LogP contribution is 2.33. The van der Waals surface area contributed by atoms with Gasteiger partial charge in [0.1, 0.15) is 5.69 Å². The minimum Gasteiger partial charge on any atom is -0.379 e. The molecule has 1 atom stereocenters. The predicted molar refractivity (Wildman–Crippen MR) is 71.3 cm³/mol. The Morgan fingerprint density at radius 3 is 2.89 bits per heavy atom. The number of hydrogen-bond donors (Lipinski definition) is 1. The van der Waals surface area contributed by atoms with Gasteiger partial charge in [0.25, 0.3) is 0 Å². The molecule has 19 heavy (non-hydrogen) atoms. The summed E-state index contributed by atoms with van der Waals surface area (Å²) >= 11 is 0. The van der Waals surface area contributed by atoms with Crippen molar-refractivity contribution in [1.29, 1.82) is 0 Å². The van der Waals surface area contributed by atoms with Crippen molar-refractivity contribution in [3.05, 3.63) is 15.8 Å². The van der Waals surface area contributed by atoms with Crippen LogP contribution in [0.1, 0.15) is 32.4 Å². The van der Waals surface area contributed by atoms with Crippen LogP contribution >= 0.6 is 0 Å². The maximum Gasteiger partial charge on any atom is 0.334 e. The molecule has 0 aliphatic carbocycles. The Kier molecular flexibility index (Phi) is 3.75. The van der Waals surface area contributed by atoms with Crippen LogP contribution in [0.5, 0.6) is 0 Å². The van der Waals surface area contributed by atoms with Gasteiger partial charge in [-0.15, -0.1) is 0 Å². The number of nitro groups is 1. The van der Waals surface area contributed by atoms with Crippen molar-refractivity contribution in [2.24, 2.45) is 7.05 Å². The first-order chi connectivity index (χ1) is 8.97. The molecule has 1 unspecified atom stereocenters. The molecule has 0 amide bonds. The van der Waals surface area contributed by atoms with Crippen molar-refractivity contribution in [1.82, 2.24) is 9.78 Å². The van der Waals surface area contributed by atoms with Crippen LogP contribution < -0.4 is 5.32 Å². The average molecular weight is 268 g/mol. The molecule has 1 aromatic rings. The van der Waals surface area contributed by atoms with Crippen LogP contribution in [0.15, 0.2) is 0 Å². The molecular weight excluding hydrogens is 248 g/mol. The number of ether oxygens (including phenoxy) is 1. The van der Waals surface area contributed by atoms with Crippen molar-refractivity contribution < 1.29 is 9.66 Å². The Hall–Kier alpha value is -1.63. The second-order valence-corrected chi connectivity index (χ2v) is 5.26. The molecule has 0 spiro atoms. The molecule has 2 rings (SSSR count). The number of aromatic nitrogens is 2. The number of hydrogen-bond acceptors (Lipinski definition) is 5. The summed E-state index contributed by atoms with van der Waals surface area (Å²) in [5.74, 6) is 0.474. The van der Waals surface area contributed by atoms with Crippen LogP contribution in [-0.4, -0.2) is 33.5 Å². The molecule has 0 radical (unpaired) electrons. The van der Waals surface area contributed by atoms with Crippen molar-refractivity contribution in [3.8, 4) is 0 Å². The van der Waals surface area contributed by atoms with E-state index in [-0.39, 0.29) is 16.1 Å². The summed E-state index contributed by atoms with van der Waals surface area (Å²) in [5.41, 5.74) is 0.375. The predicted octanol–water partition coefficient (Wildman–Crippen LogP) is 1.87. The third-order valence-electron chi connectivity index (χ3n) is 3.40. The van der Waals surface area contributed by atoms with Gasteiger partial charge in [-0.05, 0) is 19.8 Å². The van der Waals surface area contributed by atoms with Gasteiger partial charge in [0.2, 0.25) is 5.82 Å².